The fraction of sp³-hybridized carbons (Fsp3) is 0.444. The van der Waals surface area contributed by atoms with Crippen LogP contribution in [0, 0.1) is 18.8 Å². The molecule has 0 bridgehead atoms. The van der Waals surface area contributed by atoms with Gasteiger partial charge in [-0.2, -0.15) is 0 Å². The van der Waals surface area contributed by atoms with Crippen molar-refractivity contribution >= 4 is 17.6 Å². The minimum absolute atomic E-state index is 0.0324. The summed E-state index contributed by atoms with van der Waals surface area (Å²) >= 11 is 0. The second kappa shape index (κ2) is 7.92. The van der Waals surface area contributed by atoms with Crippen molar-refractivity contribution in [2.24, 2.45) is 11.8 Å². The highest BCUT2D eigenvalue weighted by molar-refractivity contribution is 5.91. The van der Waals surface area contributed by atoms with E-state index < -0.39 is 0 Å². The minimum Gasteiger partial charge on any atom is -0.360 e. The third-order valence-electron chi connectivity index (χ3n) is 4.54. The summed E-state index contributed by atoms with van der Waals surface area (Å²) in [5.74, 6) is 0.981. The lowest BCUT2D eigenvalue weighted by molar-refractivity contribution is -0.128. The van der Waals surface area contributed by atoms with E-state index in [2.05, 4.69) is 20.8 Å². The Morgan fingerprint density at radius 3 is 2.52 bits per heavy atom. The fourth-order valence-corrected chi connectivity index (χ4v) is 3.11. The Hall–Kier alpha value is -2.70. The van der Waals surface area contributed by atoms with Crippen molar-refractivity contribution in [3.63, 3.8) is 0 Å². The Bertz CT molecular complexity index is 721. The van der Waals surface area contributed by atoms with Crippen molar-refractivity contribution in [1.29, 1.82) is 0 Å². The molecule has 0 unspecified atom stereocenters. The lowest BCUT2D eigenvalue weighted by Gasteiger charge is -2.26. The van der Waals surface area contributed by atoms with Gasteiger partial charge < -0.3 is 15.2 Å². The van der Waals surface area contributed by atoms with Gasteiger partial charge in [0.2, 0.25) is 11.8 Å². The Morgan fingerprint density at radius 2 is 1.92 bits per heavy atom. The molecule has 0 spiro atoms. The zero-order chi connectivity index (χ0) is 17.6. The number of anilines is 1. The van der Waals surface area contributed by atoms with E-state index in [1.165, 1.54) is 0 Å². The molecule has 25 heavy (non-hydrogen) atoms. The zero-order valence-corrected chi connectivity index (χ0v) is 14.2. The Labute approximate surface area is 146 Å². The summed E-state index contributed by atoms with van der Waals surface area (Å²) in [5.41, 5.74) is 0.979. The topological polar surface area (TPSA) is 97.1 Å². The number of aromatic nitrogens is 2. The summed E-state index contributed by atoms with van der Waals surface area (Å²) in [7, 11) is 0. The van der Waals surface area contributed by atoms with E-state index in [-0.39, 0.29) is 23.7 Å². The van der Waals surface area contributed by atoms with Gasteiger partial charge in [-0.3, -0.25) is 14.6 Å². The summed E-state index contributed by atoms with van der Waals surface area (Å²) in [6.07, 6.45) is 6.29. The fourth-order valence-electron chi connectivity index (χ4n) is 3.11. The Morgan fingerprint density at radius 1 is 1.20 bits per heavy atom. The van der Waals surface area contributed by atoms with Crippen LogP contribution in [0.2, 0.25) is 0 Å². The van der Waals surface area contributed by atoms with E-state index in [0.29, 0.717) is 31.0 Å². The lowest BCUT2D eigenvalue weighted by atomic mass is 9.81. The number of carbonyl (C=O) groups is 2. The summed E-state index contributed by atoms with van der Waals surface area (Å²) < 4.78 is 4.94. The quantitative estimate of drug-likeness (QED) is 0.870. The first-order valence-electron chi connectivity index (χ1n) is 8.52. The molecule has 0 aliphatic heterocycles. The molecule has 0 atom stereocenters. The largest absolute Gasteiger partial charge is 0.360 e. The highest BCUT2D eigenvalue weighted by Crippen LogP contribution is 2.30. The summed E-state index contributed by atoms with van der Waals surface area (Å²) in [4.78, 5) is 28.6. The number of hydrogen-bond acceptors (Lipinski definition) is 5. The predicted octanol–water partition coefficient (Wildman–Crippen LogP) is 2.44. The monoisotopic (exact) mass is 342 g/mol. The van der Waals surface area contributed by atoms with E-state index in [4.69, 9.17) is 4.52 Å². The van der Waals surface area contributed by atoms with Gasteiger partial charge in [0.15, 0.2) is 5.82 Å². The Kier molecular flexibility index (Phi) is 5.42. The van der Waals surface area contributed by atoms with E-state index in [0.717, 1.165) is 18.4 Å². The summed E-state index contributed by atoms with van der Waals surface area (Å²) in [6.45, 7) is 2.26. The molecule has 1 saturated carbocycles. The SMILES string of the molecule is Cc1cc(NC(=O)C2CCC(C(=O)NCc3cccnc3)CC2)no1. The number of aryl methyl sites for hydroxylation is 1. The van der Waals surface area contributed by atoms with Crippen molar-refractivity contribution in [2.45, 2.75) is 39.2 Å². The summed E-state index contributed by atoms with van der Waals surface area (Å²) in [5, 5.41) is 9.50. The van der Waals surface area contributed by atoms with Gasteiger partial charge in [0.1, 0.15) is 5.76 Å². The van der Waals surface area contributed by atoms with Gasteiger partial charge in [0.05, 0.1) is 0 Å². The van der Waals surface area contributed by atoms with E-state index in [1.807, 2.05) is 12.1 Å². The molecule has 3 rings (SSSR count). The maximum absolute atomic E-state index is 12.3. The molecule has 7 heteroatoms. The van der Waals surface area contributed by atoms with E-state index in [9.17, 15) is 9.59 Å². The molecule has 2 heterocycles. The Balaban J connectivity index is 1.43. The van der Waals surface area contributed by atoms with Gasteiger partial charge in [-0.05, 0) is 44.2 Å². The zero-order valence-electron chi connectivity index (χ0n) is 14.2. The number of nitrogens with zero attached hydrogens (tertiary/aromatic N) is 2. The van der Waals surface area contributed by atoms with Crippen LogP contribution in [0.25, 0.3) is 0 Å². The average molecular weight is 342 g/mol. The number of carbonyl (C=O) groups excluding carboxylic acids is 2. The number of nitrogens with one attached hydrogen (secondary N) is 2. The third kappa shape index (κ3) is 4.65. The average Bonchev–Trinajstić information content (AvgIpc) is 3.05. The second-order valence-corrected chi connectivity index (χ2v) is 6.44. The standard InChI is InChI=1S/C18H22N4O3/c1-12-9-16(22-25-12)21-18(24)15-6-4-14(5-7-15)17(23)20-11-13-3-2-8-19-10-13/h2-3,8-10,14-15H,4-7,11H2,1H3,(H,20,23)(H,21,22,24). The van der Waals surface area contributed by atoms with Crippen molar-refractivity contribution in [2.75, 3.05) is 5.32 Å². The lowest BCUT2D eigenvalue weighted by Crippen LogP contribution is -2.35. The van der Waals surface area contributed by atoms with E-state index >= 15 is 0 Å². The van der Waals surface area contributed by atoms with Crippen molar-refractivity contribution in [3.05, 3.63) is 41.9 Å². The first-order chi connectivity index (χ1) is 12.1. The van der Waals surface area contributed by atoms with Crippen LogP contribution in [0.4, 0.5) is 5.82 Å². The maximum Gasteiger partial charge on any atom is 0.228 e. The van der Waals surface area contributed by atoms with Crippen LogP contribution in [0.15, 0.2) is 35.1 Å². The van der Waals surface area contributed by atoms with E-state index in [1.54, 1.807) is 25.4 Å². The van der Waals surface area contributed by atoms with Crippen LogP contribution in [-0.4, -0.2) is 22.0 Å². The number of pyridine rings is 1. The minimum atomic E-state index is -0.0839. The summed E-state index contributed by atoms with van der Waals surface area (Å²) in [6, 6.07) is 5.47. The first kappa shape index (κ1) is 17.1. The molecular formula is C18H22N4O3. The van der Waals surface area contributed by atoms with Crippen LogP contribution < -0.4 is 10.6 Å². The smallest absolute Gasteiger partial charge is 0.228 e. The van der Waals surface area contributed by atoms with Gasteiger partial charge in [-0.15, -0.1) is 0 Å². The molecule has 7 nitrogen and oxygen atoms in total. The molecule has 2 N–H and O–H groups in total. The molecule has 2 amide bonds. The van der Waals surface area contributed by atoms with Gasteiger partial charge in [-0.1, -0.05) is 11.2 Å². The molecule has 0 aromatic carbocycles. The molecule has 2 aromatic heterocycles. The van der Waals surface area contributed by atoms with Crippen LogP contribution in [0.1, 0.15) is 37.0 Å². The molecule has 1 aliphatic carbocycles. The molecule has 1 aliphatic rings. The molecule has 0 radical (unpaired) electrons. The van der Waals surface area contributed by atoms with Crippen molar-refractivity contribution < 1.29 is 14.1 Å². The van der Waals surface area contributed by atoms with Crippen LogP contribution in [0.5, 0.6) is 0 Å². The van der Waals surface area contributed by atoms with Gasteiger partial charge in [-0.25, -0.2) is 0 Å². The number of amides is 2. The van der Waals surface area contributed by atoms with Crippen LogP contribution >= 0.6 is 0 Å². The van der Waals surface area contributed by atoms with Crippen molar-refractivity contribution in [3.8, 4) is 0 Å². The highest BCUT2D eigenvalue weighted by atomic mass is 16.5. The van der Waals surface area contributed by atoms with Gasteiger partial charge in [0, 0.05) is 36.8 Å². The molecule has 2 aromatic rings. The molecule has 0 saturated heterocycles. The van der Waals surface area contributed by atoms with Gasteiger partial charge >= 0.3 is 0 Å². The number of rotatable bonds is 5. The first-order valence-corrected chi connectivity index (χ1v) is 8.52. The predicted molar refractivity (Wildman–Crippen MR) is 91.4 cm³/mol. The molecular weight excluding hydrogens is 320 g/mol. The second-order valence-electron chi connectivity index (χ2n) is 6.44. The van der Waals surface area contributed by atoms with Crippen LogP contribution in [0.3, 0.4) is 0 Å². The highest BCUT2D eigenvalue weighted by Gasteiger charge is 2.30. The van der Waals surface area contributed by atoms with Crippen molar-refractivity contribution in [1.82, 2.24) is 15.5 Å². The molecule has 1 fully saturated rings. The molecule has 132 valence electrons. The third-order valence-corrected chi connectivity index (χ3v) is 4.54. The normalized spacial score (nSPS) is 20.0. The maximum atomic E-state index is 12.3. The van der Waals surface area contributed by atoms with Crippen LogP contribution in [-0.2, 0) is 16.1 Å². The van der Waals surface area contributed by atoms with Gasteiger partial charge in [0.25, 0.3) is 0 Å². The number of hydrogen-bond donors (Lipinski definition) is 2.